The van der Waals surface area contributed by atoms with Gasteiger partial charge in [0.2, 0.25) is 0 Å². The van der Waals surface area contributed by atoms with E-state index in [9.17, 15) is 0 Å². The zero-order valence-corrected chi connectivity index (χ0v) is 16.0. The van der Waals surface area contributed by atoms with Crippen molar-refractivity contribution < 1.29 is 0 Å². The maximum Gasteiger partial charge on any atom is 0.158 e. The van der Waals surface area contributed by atoms with Crippen LogP contribution in [0.15, 0.2) is 30.7 Å². The summed E-state index contributed by atoms with van der Waals surface area (Å²) in [5.41, 5.74) is 2.61. The minimum Gasteiger partial charge on any atom is -0.354 e. The molecule has 4 heterocycles. The van der Waals surface area contributed by atoms with Gasteiger partial charge in [-0.25, -0.2) is 19.9 Å². The summed E-state index contributed by atoms with van der Waals surface area (Å²) in [5.74, 6) is 2.60. The van der Waals surface area contributed by atoms with Gasteiger partial charge in [0.25, 0.3) is 0 Å². The second kappa shape index (κ2) is 7.40. The molecule has 3 aromatic rings. The van der Waals surface area contributed by atoms with Crippen molar-refractivity contribution in [1.29, 1.82) is 0 Å². The van der Waals surface area contributed by atoms with E-state index in [0.29, 0.717) is 6.54 Å². The lowest BCUT2D eigenvalue weighted by atomic mass is 10.3. The molecule has 0 saturated carbocycles. The molecule has 0 amide bonds. The van der Waals surface area contributed by atoms with Crippen molar-refractivity contribution in [3.63, 3.8) is 0 Å². The summed E-state index contributed by atoms with van der Waals surface area (Å²) in [5, 5.41) is 0. The predicted octanol–water partition coefficient (Wildman–Crippen LogP) is 1.51. The minimum absolute atomic E-state index is 0.632. The maximum atomic E-state index is 4.65. The number of likely N-dealkylation sites (N-methyl/N-ethyl adjacent to an activating group) is 1. The number of piperazine rings is 1. The van der Waals surface area contributed by atoms with E-state index < -0.39 is 0 Å². The van der Waals surface area contributed by atoms with E-state index in [4.69, 9.17) is 0 Å². The fourth-order valence-corrected chi connectivity index (χ4v) is 3.37. The van der Waals surface area contributed by atoms with Gasteiger partial charge in [0.05, 0.1) is 17.8 Å². The molecule has 8 heteroatoms. The fourth-order valence-electron chi connectivity index (χ4n) is 3.37. The first kappa shape index (κ1) is 17.5. The molecule has 0 radical (unpaired) electrons. The summed E-state index contributed by atoms with van der Waals surface area (Å²) in [6, 6.07) is 5.92. The average molecular weight is 364 g/mol. The van der Waals surface area contributed by atoms with Crippen molar-refractivity contribution in [2.75, 3.05) is 50.1 Å². The first-order valence-corrected chi connectivity index (χ1v) is 9.15. The molecule has 0 bridgehead atoms. The Morgan fingerprint density at radius 3 is 2.70 bits per heavy atom. The minimum atomic E-state index is 0.632. The van der Waals surface area contributed by atoms with Crippen LogP contribution in [-0.2, 0) is 6.54 Å². The Kier molecular flexibility index (Phi) is 4.81. The second-order valence-electron chi connectivity index (χ2n) is 6.98. The highest BCUT2D eigenvalue weighted by Crippen LogP contribution is 2.22. The van der Waals surface area contributed by atoms with Crippen LogP contribution >= 0.6 is 0 Å². The lowest BCUT2D eigenvalue weighted by Crippen LogP contribution is -2.45. The second-order valence-corrected chi connectivity index (χ2v) is 6.98. The van der Waals surface area contributed by atoms with Crippen molar-refractivity contribution in [1.82, 2.24) is 29.8 Å². The van der Waals surface area contributed by atoms with Crippen LogP contribution in [-0.4, -0.2) is 70.1 Å². The Bertz CT molecular complexity index is 931. The van der Waals surface area contributed by atoms with Crippen molar-refractivity contribution in [2.24, 2.45) is 0 Å². The lowest BCUT2D eigenvalue weighted by molar-refractivity contribution is 0.312. The summed E-state index contributed by atoms with van der Waals surface area (Å²) in [4.78, 5) is 29.2. The van der Waals surface area contributed by atoms with Gasteiger partial charge in [-0.1, -0.05) is 0 Å². The molecule has 3 aromatic heterocycles. The molecule has 0 N–H and O–H groups in total. The third kappa shape index (κ3) is 3.80. The number of nitrogens with zero attached hydrogens (tertiary/aromatic N) is 8. The third-order valence-electron chi connectivity index (χ3n) is 4.84. The van der Waals surface area contributed by atoms with Crippen molar-refractivity contribution in [3.8, 4) is 0 Å². The molecule has 8 nitrogen and oxygen atoms in total. The topological polar surface area (TPSA) is 74.2 Å². The van der Waals surface area contributed by atoms with Crippen LogP contribution in [0.2, 0.25) is 0 Å². The molecule has 0 unspecified atom stereocenters. The molecule has 0 aromatic carbocycles. The molecule has 1 fully saturated rings. The Hall–Kier alpha value is -2.87. The Balaban J connectivity index is 1.58. The Morgan fingerprint density at radius 1 is 1.07 bits per heavy atom. The van der Waals surface area contributed by atoms with Gasteiger partial charge in [-0.2, -0.15) is 0 Å². The molecule has 0 spiro atoms. The number of pyridine rings is 1. The normalized spacial score (nSPS) is 15.3. The monoisotopic (exact) mass is 364 g/mol. The van der Waals surface area contributed by atoms with Crippen LogP contribution in [0.5, 0.6) is 0 Å². The molecule has 0 atom stereocenters. The molecule has 4 rings (SSSR count). The number of fused-ring (bicyclic) bond motifs is 1. The zero-order chi connectivity index (χ0) is 18.8. The molecule has 0 aliphatic carbocycles. The van der Waals surface area contributed by atoms with Gasteiger partial charge in [0.15, 0.2) is 5.82 Å². The van der Waals surface area contributed by atoms with E-state index in [-0.39, 0.29) is 0 Å². The molecular weight excluding hydrogens is 340 g/mol. The molecule has 1 aliphatic rings. The van der Waals surface area contributed by atoms with Gasteiger partial charge < -0.3 is 14.7 Å². The highest BCUT2D eigenvalue weighted by molar-refractivity contribution is 5.84. The first-order chi connectivity index (χ1) is 13.1. The summed E-state index contributed by atoms with van der Waals surface area (Å²) < 4.78 is 0. The third-order valence-corrected chi connectivity index (χ3v) is 4.84. The largest absolute Gasteiger partial charge is 0.354 e. The highest BCUT2D eigenvalue weighted by atomic mass is 15.3. The van der Waals surface area contributed by atoms with Crippen molar-refractivity contribution in [3.05, 3.63) is 42.2 Å². The van der Waals surface area contributed by atoms with Gasteiger partial charge in [-0.3, -0.25) is 4.98 Å². The quantitative estimate of drug-likeness (QED) is 0.690. The van der Waals surface area contributed by atoms with E-state index in [1.807, 2.05) is 26.1 Å². The molecule has 140 valence electrons. The Morgan fingerprint density at radius 2 is 1.89 bits per heavy atom. The number of hydrogen-bond donors (Lipinski definition) is 0. The Labute approximate surface area is 158 Å². The van der Waals surface area contributed by atoms with Crippen LogP contribution in [0.4, 0.5) is 11.6 Å². The summed E-state index contributed by atoms with van der Waals surface area (Å²) in [7, 11) is 4.16. The molecule has 27 heavy (non-hydrogen) atoms. The lowest BCUT2D eigenvalue weighted by Gasteiger charge is -2.33. The highest BCUT2D eigenvalue weighted by Gasteiger charge is 2.17. The van der Waals surface area contributed by atoms with Gasteiger partial charge >= 0.3 is 0 Å². The molecule has 1 saturated heterocycles. The standard InChI is InChI=1S/C19H24N8/c1-14-23-15(11-17(24-14)27-9-7-25(2)8-10-27)12-26(3)19-18-16(21-13-22-19)5-4-6-20-18/h4-6,11,13H,7-10,12H2,1-3H3. The van der Waals surface area contributed by atoms with E-state index in [2.05, 4.69) is 52.7 Å². The summed E-state index contributed by atoms with van der Waals surface area (Å²) >= 11 is 0. The summed E-state index contributed by atoms with van der Waals surface area (Å²) in [6.45, 7) is 6.66. The number of aromatic nitrogens is 5. The van der Waals surface area contributed by atoms with Crippen LogP contribution in [0.25, 0.3) is 11.0 Å². The number of hydrogen-bond acceptors (Lipinski definition) is 8. The van der Waals surface area contributed by atoms with Gasteiger partial charge in [0, 0.05) is 45.5 Å². The van der Waals surface area contributed by atoms with Crippen molar-refractivity contribution in [2.45, 2.75) is 13.5 Å². The SMILES string of the molecule is Cc1nc(CN(C)c2ncnc3cccnc23)cc(N2CCN(C)CC2)n1. The first-order valence-electron chi connectivity index (χ1n) is 9.15. The van der Waals surface area contributed by atoms with Crippen LogP contribution in [0, 0.1) is 6.92 Å². The number of rotatable bonds is 4. The van der Waals surface area contributed by atoms with Gasteiger partial charge in [0.1, 0.15) is 23.5 Å². The number of anilines is 2. The fraction of sp³-hybridized carbons (Fsp3) is 0.421. The maximum absolute atomic E-state index is 4.65. The molecular formula is C19H24N8. The predicted molar refractivity (Wildman–Crippen MR) is 106 cm³/mol. The summed E-state index contributed by atoms with van der Waals surface area (Å²) in [6.07, 6.45) is 3.35. The van der Waals surface area contributed by atoms with E-state index >= 15 is 0 Å². The van der Waals surface area contributed by atoms with Gasteiger partial charge in [-0.05, 0) is 26.1 Å². The smallest absolute Gasteiger partial charge is 0.158 e. The molecule has 1 aliphatic heterocycles. The van der Waals surface area contributed by atoms with E-state index in [0.717, 1.165) is 60.4 Å². The zero-order valence-electron chi connectivity index (χ0n) is 16.0. The van der Waals surface area contributed by atoms with Crippen LogP contribution in [0.3, 0.4) is 0 Å². The van der Waals surface area contributed by atoms with Crippen LogP contribution < -0.4 is 9.80 Å². The van der Waals surface area contributed by atoms with Crippen LogP contribution in [0.1, 0.15) is 11.5 Å². The van der Waals surface area contributed by atoms with E-state index in [1.54, 1.807) is 12.5 Å². The average Bonchev–Trinajstić information content (AvgIpc) is 2.67. The van der Waals surface area contributed by atoms with Crippen molar-refractivity contribution >= 4 is 22.7 Å². The number of aryl methyl sites for hydroxylation is 1. The van der Waals surface area contributed by atoms with Gasteiger partial charge in [-0.15, -0.1) is 0 Å². The van der Waals surface area contributed by atoms with E-state index in [1.165, 1.54) is 0 Å².